The molecule has 0 aliphatic rings. The molecule has 0 bridgehead atoms. The van der Waals surface area contributed by atoms with Crippen LogP contribution in [0.3, 0.4) is 0 Å². The molecule has 0 radical (unpaired) electrons. The highest BCUT2D eigenvalue weighted by atomic mass is 32.2. The molecule has 0 aliphatic heterocycles. The van der Waals surface area contributed by atoms with Crippen LogP contribution in [0.5, 0.6) is 0 Å². The number of thiazole rings is 1. The third-order valence-corrected chi connectivity index (χ3v) is 5.00. The molecule has 1 heterocycles. The van der Waals surface area contributed by atoms with Crippen LogP contribution in [-0.4, -0.2) is 19.4 Å². The second kappa shape index (κ2) is 6.42. The van der Waals surface area contributed by atoms with E-state index in [1.54, 1.807) is 43.5 Å². The van der Waals surface area contributed by atoms with Gasteiger partial charge < -0.3 is 10.3 Å². The lowest BCUT2D eigenvalue weighted by Crippen LogP contribution is -2.30. The van der Waals surface area contributed by atoms with E-state index in [4.69, 9.17) is 0 Å². The first-order valence-corrected chi connectivity index (χ1v) is 8.76. The van der Waals surface area contributed by atoms with Gasteiger partial charge >= 0.3 is 4.87 Å². The second-order valence-corrected chi connectivity index (χ2v) is 7.38. The van der Waals surface area contributed by atoms with Crippen molar-refractivity contribution < 1.29 is 8.42 Å². The largest absolute Gasteiger partial charge is 0.379 e. The fourth-order valence-electron chi connectivity index (χ4n) is 1.73. The summed E-state index contributed by atoms with van der Waals surface area (Å²) in [6.45, 7) is 4.03. The molecule has 3 N–H and O–H groups in total. The van der Waals surface area contributed by atoms with E-state index in [-0.39, 0.29) is 15.8 Å². The Labute approximate surface area is 127 Å². The van der Waals surface area contributed by atoms with Gasteiger partial charge in [-0.1, -0.05) is 11.3 Å². The van der Waals surface area contributed by atoms with E-state index >= 15 is 0 Å². The Bertz CT molecular complexity index is 745. The van der Waals surface area contributed by atoms with E-state index in [2.05, 4.69) is 15.0 Å². The number of nitrogens with one attached hydrogen (secondary N) is 3. The van der Waals surface area contributed by atoms with E-state index in [0.29, 0.717) is 6.54 Å². The first-order chi connectivity index (χ1) is 9.87. The topological polar surface area (TPSA) is 91.1 Å². The van der Waals surface area contributed by atoms with Gasteiger partial charge in [-0.25, -0.2) is 13.1 Å². The molecule has 0 amide bonds. The third-order valence-electron chi connectivity index (χ3n) is 2.61. The summed E-state index contributed by atoms with van der Waals surface area (Å²) in [5, 5.41) is 4.87. The van der Waals surface area contributed by atoms with Gasteiger partial charge in [0.1, 0.15) is 0 Å². The smallest absolute Gasteiger partial charge is 0.304 e. The number of aromatic nitrogens is 1. The molecule has 0 fully saturated rings. The summed E-state index contributed by atoms with van der Waals surface area (Å²) in [6, 6.07) is 6.33. The molecule has 114 valence electrons. The van der Waals surface area contributed by atoms with Gasteiger partial charge in [-0.15, -0.1) is 0 Å². The number of H-pyrrole nitrogens is 1. The zero-order valence-electron chi connectivity index (χ0n) is 11.7. The Balaban J connectivity index is 2.03. The molecule has 0 unspecified atom stereocenters. The number of benzene rings is 1. The lowest BCUT2D eigenvalue weighted by molar-refractivity contribution is 0.570. The number of anilines is 1. The summed E-state index contributed by atoms with van der Waals surface area (Å²) in [6.07, 6.45) is 0. The first kappa shape index (κ1) is 15.7. The molecular weight excluding hydrogens is 310 g/mol. The van der Waals surface area contributed by atoms with Crippen LogP contribution < -0.4 is 14.9 Å². The summed E-state index contributed by atoms with van der Waals surface area (Å²) in [5.74, 6) is 0. The van der Waals surface area contributed by atoms with E-state index in [0.717, 1.165) is 22.7 Å². The molecule has 0 aliphatic carbocycles. The lowest BCUT2D eigenvalue weighted by atomic mass is 10.3. The minimum absolute atomic E-state index is 0.0898. The van der Waals surface area contributed by atoms with Crippen LogP contribution in [0.4, 0.5) is 5.69 Å². The van der Waals surface area contributed by atoms with Gasteiger partial charge in [0, 0.05) is 22.8 Å². The Morgan fingerprint density at radius 2 is 1.90 bits per heavy atom. The monoisotopic (exact) mass is 327 g/mol. The zero-order valence-corrected chi connectivity index (χ0v) is 13.3. The summed E-state index contributed by atoms with van der Waals surface area (Å²) < 4.78 is 26.5. The zero-order chi connectivity index (χ0) is 15.5. The first-order valence-electron chi connectivity index (χ1n) is 6.40. The van der Waals surface area contributed by atoms with Crippen LogP contribution in [0.1, 0.15) is 19.5 Å². The Hall–Kier alpha value is -1.64. The van der Waals surface area contributed by atoms with Crippen molar-refractivity contribution in [2.75, 3.05) is 5.32 Å². The van der Waals surface area contributed by atoms with E-state index in [9.17, 15) is 13.2 Å². The van der Waals surface area contributed by atoms with Gasteiger partial charge in [-0.05, 0) is 38.1 Å². The van der Waals surface area contributed by atoms with Crippen molar-refractivity contribution in [1.29, 1.82) is 0 Å². The second-order valence-electron chi connectivity index (χ2n) is 4.83. The number of hydrogen-bond donors (Lipinski definition) is 3. The maximum atomic E-state index is 12.0. The van der Waals surface area contributed by atoms with Crippen molar-refractivity contribution in [3.8, 4) is 0 Å². The Morgan fingerprint density at radius 3 is 2.43 bits per heavy atom. The van der Waals surface area contributed by atoms with Gasteiger partial charge in [0.2, 0.25) is 10.0 Å². The average Bonchev–Trinajstić information content (AvgIpc) is 2.81. The maximum Gasteiger partial charge on any atom is 0.304 e. The van der Waals surface area contributed by atoms with Gasteiger partial charge in [0.25, 0.3) is 0 Å². The summed E-state index contributed by atoms with van der Waals surface area (Å²) in [4.78, 5) is 13.8. The minimum Gasteiger partial charge on any atom is -0.379 e. The average molecular weight is 327 g/mol. The molecule has 0 saturated heterocycles. The molecular formula is C13H17N3O3S2. The van der Waals surface area contributed by atoms with Crippen molar-refractivity contribution in [3.05, 3.63) is 45.0 Å². The van der Waals surface area contributed by atoms with Crippen LogP contribution >= 0.6 is 11.3 Å². The van der Waals surface area contributed by atoms with Crippen LogP contribution in [0.15, 0.2) is 39.3 Å². The maximum absolute atomic E-state index is 12.0. The van der Waals surface area contributed by atoms with Crippen molar-refractivity contribution in [2.24, 2.45) is 0 Å². The van der Waals surface area contributed by atoms with Crippen molar-refractivity contribution in [2.45, 2.75) is 31.3 Å². The van der Waals surface area contributed by atoms with Crippen LogP contribution in [0.25, 0.3) is 0 Å². The number of hydrogen-bond acceptors (Lipinski definition) is 5. The molecule has 1 aromatic carbocycles. The molecule has 0 atom stereocenters. The van der Waals surface area contributed by atoms with Crippen molar-refractivity contribution in [3.63, 3.8) is 0 Å². The molecule has 2 rings (SSSR count). The molecule has 0 spiro atoms. The highest BCUT2D eigenvalue weighted by Crippen LogP contribution is 2.15. The van der Waals surface area contributed by atoms with Gasteiger partial charge in [0.05, 0.1) is 11.4 Å². The Kier molecular flexibility index (Phi) is 4.81. The Morgan fingerprint density at radius 1 is 1.24 bits per heavy atom. The normalized spacial score (nSPS) is 11.8. The number of rotatable bonds is 6. The predicted octanol–water partition coefficient (Wildman–Crippen LogP) is 1.74. The number of aromatic amines is 1. The minimum atomic E-state index is -3.46. The van der Waals surface area contributed by atoms with Crippen molar-refractivity contribution in [1.82, 2.24) is 9.71 Å². The third kappa shape index (κ3) is 4.42. The summed E-state index contributed by atoms with van der Waals surface area (Å²) in [5.41, 5.74) is 1.58. The highest BCUT2D eigenvalue weighted by molar-refractivity contribution is 7.89. The molecule has 21 heavy (non-hydrogen) atoms. The van der Waals surface area contributed by atoms with Gasteiger partial charge in [-0.3, -0.25) is 4.79 Å². The molecule has 8 heteroatoms. The standard InChI is InChI=1S/C13H17N3O3S2/c1-9(2)16-21(18,19)12-5-3-10(4-6-12)14-7-11-8-20-13(17)15-11/h3-6,8-9,14,16H,7H2,1-2H3,(H,15,17). The van der Waals surface area contributed by atoms with Gasteiger partial charge in [-0.2, -0.15) is 0 Å². The summed E-state index contributed by atoms with van der Waals surface area (Å²) in [7, 11) is -3.46. The van der Waals surface area contributed by atoms with E-state index < -0.39 is 10.0 Å². The highest BCUT2D eigenvalue weighted by Gasteiger charge is 2.14. The lowest BCUT2D eigenvalue weighted by Gasteiger charge is -2.10. The summed E-state index contributed by atoms with van der Waals surface area (Å²) >= 11 is 1.11. The number of sulfonamides is 1. The molecule has 1 aromatic heterocycles. The SMILES string of the molecule is CC(C)NS(=O)(=O)c1ccc(NCc2csc(=O)[nH]2)cc1. The van der Waals surface area contributed by atoms with Gasteiger partial charge in [0.15, 0.2) is 0 Å². The van der Waals surface area contributed by atoms with Crippen LogP contribution in [-0.2, 0) is 16.6 Å². The van der Waals surface area contributed by atoms with E-state index in [1.165, 1.54) is 0 Å². The fourth-order valence-corrected chi connectivity index (χ4v) is 3.56. The fraction of sp³-hybridized carbons (Fsp3) is 0.308. The van der Waals surface area contributed by atoms with E-state index in [1.807, 2.05) is 0 Å². The molecule has 0 saturated carbocycles. The quantitative estimate of drug-likeness (QED) is 0.753. The molecule has 2 aromatic rings. The predicted molar refractivity (Wildman–Crippen MR) is 84.2 cm³/mol. The van der Waals surface area contributed by atoms with Crippen LogP contribution in [0.2, 0.25) is 0 Å². The molecule has 6 nitrogen and oxygen atoms in total. The van der Waals surface area contributed by atoms with Crippen LogP contribution in [0, 0.1) is 0 Å². The van der Waals surface area contributed by atoms with Crippen molar-refractivity contribution >= 4 is 27.0 Å².